The zero-order valence-electron chi connectivity index (χ0n) is 9.65. The van der Waals surface area contributed by atoms with Gasteiger partial charge in [-0.1, -0.05) is 13.2 Å². The third-order valence-electron chi connectivity index (χ3n) is 2.45. The Labute approximate surface area is 106 Å². The van der Waals surface area contributed by atoms with Crippen LogP contribution >= 0.6 is 0 Å². The van der Waals surface area contributed by atoms with Crippen LogP contribution in [0.2, 0.25) is 0 Å². The van der Waals surface area contributed by atoms with E-state index in [1.54, 1.807) is 0 Å². The summed E-state index contributed by atoms with van der Waals surface area (Å²) in [6, 6.07) is 0. The third kappa shape index (κ3) is 3.25. The van der Waals surface area contributed by atoms with Crippen LogP contribution < -0.4 is 0 Å². The first-order valence-electron chi connectivity index (χ1n) is 5.00. The van der Waals surface area contributed by atoms with Crippen LogP contribution in [0.25, 0.3) is 0 Å². The van der Waals surface area contributed by atoms with Crippen molar-refractivity contribution in [2.24, 2.45) is 0 Å². The number of sulfonamides is 2. The lowest BCUT2D eigenvalue weighted by Gasteiger charge is -2.18. The van der Waals surface area contributed by atoms with Gasteiger partial charge < -0.3 is 0 Å². The molecule has 0 atom stereocenters. The van der Waals surface area contributed by atoms with Gasteiger partial charge in [0.25, 0.3) is 0 Å². The molecule has 0 aromatic rings. The van der Waals surface area contributed by atoms with Gasteiger partial charge in [0.05, 0.1) is 13.1 Å². The first-order valence-corrected chi connectivity index (χ1v) is 8.00. The number of carbonyl (C=O) groups excluding carboxylic acids is 1. The first kappa shape index (κ1) is 15.0. The Morgan fingerprint density at radius 2 is 1.22 bits per heavy atom. The molecule has 1 aliphatic heterocycles. The van der Waals surface area contributed by atoms with Crippen LogP contribution in [0.1, 0.15) is 0 Å². The molecule has 0 unspecified atom stereocenters. The monoisotopic (exact) mass is 294 g/mol. The smallest absolute Gasteiger partial charge is 0.236 e. The normalized spacial score (nSPS) is 20.3. The van der Waals surface area contributed by atoms with Crippen molar-refractivity contribution in [2.45, 2.75) is 0 Å². The molecule has 0 aliphatic carbocycles. The van der Waals surface area contributed by atoms with Crippen LogP contribution in [-0.2, 0) is 24.8 Å². The minimum absolute atomic E-state index is 0.0901. The molecule has 102 valence electrons. The lowest BCUT2D eigenvalue weighted by molar-refractivity contribution is -0.118. The molecule has 0 saturated carbocycles. The average molecular weight is 294 g/mol. The van der Waals surface area contributed by atoms with Gasteiger partial charge in [-0.25, -0.2) is 16.8 Å². The van der Waals surface area contributed by atoms with Crippen LogP contribution in [-0.4, -0.2) is 57.4 Å². The molecule has 0 amide bonds. The van der Waals surface area contributed by atoms with E-state index >= 15 is 0 Å². The highest BCUT2D eigenvalue weighted by Crippen LogP contribution is 2.11. The summed E-state index contributed by atoms with van der Waals surface area (Å²) in [5.41, 5.74) is 0. The number of ketones is 1. The summed E-state index contributed by atoms with van der Waals surface area (Å²) in [4.78, 5) is 11.5. The fourth-order valence-electron chi connectivity index (χ4n) is 1.47. The zero-order valence-corrected chi connectivity index (χ0v) is 11.3. The number of rotatable bonds is 4. The Balaban J connectivity index is 2.99. The maximum atomic E-state index is 11.5. The molecule has 18 heavy (non-hydrogen) atoms. The van der Waals surface area contributed by atoms with Crippen molar-refractivity contribution in [1.29, 1.82) is 0 Å². The molecule has 0 aromatic carbocycles. The van der Waals surface area contributed by atoms with Gasteiger partial charge >= 0.3 is 0 Å². The summed E-state index contributed by atoms with van der Waals surface area (Å²) in [5.74, 6) is -0.497. The molecule has 1 aliphatic rings. The van der Waals surface area contributed by atoms with Crippen molar-refractivity contribution in [1.82, 2.24) is 8.61 Å². The van der Waals surface area contributed by atoms with Gasteiger partial charge in [-0.15, -0.1) is 0 Å². The molecule has 0 aromatic heterocycles. The van der Waals surface area contributed by atoms with E-state index in [1.165, 1.54) is 0 Å². The number of nitrogens with zero attached hydrogens (tertiary/aromatic N) is 2. The Morgan fingerprint density at radius 1 is 0.889 bits per heavy atom. The molecule has 9 heteroatoms. The fraction of sp³-hybridized carbons (Fsp3) is 0.444. The highest BCUT2D eigenvalue weighted by atomic mass is 32.2. The minimum atomic E-state index is -3.72. The van der Waals surface area contributed by atoms with E-state index in [1.807, 2.05) is 0 Å². The summed E-state index contributed by atoms with van der Waals surface area (Å²) in [6.45, 7) is 5.44. The zero-order chi connectivity index (χ0) is 14.0. The summed E-state index contributed by atoms with van der Waals surface area (Å²) in [6.07, 6.45) is 0. The van der Waals surface area contributed by atoms with Gasteiger partial charge in [0.15, 0.2) is 5.78 Å². The number of hydrogen-bond acceptors (Lipinski definition) is 5. The second kappa shape index (κ2) is 5.31. The van der Waals surface area contributed by atoms with E-state index in [-0.39, 0.29) is 26.2 Å². The SMILES string of the molecule is C=CS(=O)(=O)N1CCN(S(=O)(=O)C=C)CC(=O)C1. The van der Waals surface area contributed by atoms with Crippen LogP contribution in [0.15, 0.2) is 24.0 Å². The highest BCUT2D eigenvalue weighted by Gasteiger charge is 2.31. The Hall–Kier alpha value is -1.03. The molecule has 1 heterocycles. The van der Waals surface area contributed by atoms with Gasteiger partial charge in [0, 0.05) is 23.9 Å². The van der Waals surface area contributed by atoms with E-state index in [4.69, 9.17) is 0 Å². The van der Waals surface area contributed by atoms with Crippen molar-refractivity contribution in [2.75, 3.05) is 26.2 Å². The summed E-state index contributed by atoms with van der Waals surface area (Å²) < 4.78 is 48.0. The van der Waals surface area contributed by atoms with E-state index in [9.17, 15) is 21.6 Å². The highest BCUT2D eigenvalue weighted by molar-refractivity contribution is 7.92. The molecule has 0 bridgehead atoms. The minimum Gasteiger partial charge on any atom is -0.297 e. The topological polar surface area (TPSA) is 91.8 Å². The van der Waals surface area contributed by atoms with Crippen molar-refractivity contribution < 1.29 is 21.6 Å². The van der Waals surface area contributed by atoms with E-state index in [0.29, 0.717) is 0 Å². The Morgan fingerprint density at radius 3 is 1.50 bits per heavy atom. The summed E-state index contributed by atoms with van der Waals surface area (Å²) in [5, 5.41) is 1.47. The molecule has 1 fully saturated rings. The summed E-state index contributed by atoms with van der Waals surface area (Å²) >= 11 is 0. The predicted molar refractivity (Wildman–Crippen MR) is 66.4 cm³/mol. The van der Waals surface area contributed by atoms with Crippen LogP contribution in [0.5, 0.6) is 0 Å². The van der Waals surface area contributed by atoms with Gasteiger partial charge in [-0.2, -0.15) is 8.61 Å². The largest absolute Gasteiger partial charge is 0.297 e. The summed E-state index contributed by atoms with van der Waals surface area (Å²) in [7, 11) is -7.45. The quantitative estimate of drug-likeness (QED) is 0.671. The molecule has 0 spiro atoms. The van der Waals surface area contributed by atoms with E-state index in [2.05, 4.69) is 13.2 Å². The lowest BCUT2D eigenvalue weighted by Crippen LogP contribution is -2.35. The lowest BCUT2D eigenvalue weighted by atomic mass is 10.4. The number of Topliss-reactive ketones (excluding diaryl/α,β-unsaturated/α-hetero) is 1. The van der Waals surface area contributed by atoms with Crippen molar-refractivity contribution in [3.63, 3.8) is 0 Å². The number of hydrogen-bond donors (Lipinski definition) is 0. The maximum absolute atomic E-state index is 11.5. The molecular weight excluding hydrogens is 280 g/mol. The Bertz CT molecular complexity index is 514. The second-order valence-electron chi connectivity index (χ2n) is 3.63. The van der Waals surface area contributed by atoms with Crippen LogP contribution in [0.3, 0.4) is 0 Å². The van der Waals surface area contributed by atoms with Gasteiger partial charge in [-0.3, -0.25) is 4.79 Å². The molecular formula is C9H14N2O5S2. The fourth-order valence-corrected chi connectivity index (χ4v) is 3.21. The van der Waals surface area contributed by atoms with Crippen LogP contribution in [0, 0.1) is 0 Å². The maximum Gasteiger partial charge on any atom is 0.236 e. The van der Waals surface area contributed by atoms with Gasteiger partial charge in [-0.05, 0) is 0 Å². The average Bonchev–Trinajstić information content (AvgIpc) is 2.52. The van der Waals surface area contributed by atoms with Crippen molar-refractivity contribution in [3.8, 4) is 0 Å². The standard InChI is InChI=1S/C9H14N2O5S2/c1-3-17(13,14)10-5-6-11(8-9(12)7-10)18(15,16)4-2/h3-4H,1-2,5-8H2. The number of carbonyl (C=O) groups is 1. The van der Waals surface area contributed by atoms with Gasteiger partial charge in [0.1, 0.15) is 0 Å². The molecule has 7 nitrogen and oxygen atoms in total. The predicted octanol–water partition coefficient (Wildman–Crippen LogP) is -0.880. The Kier molecular flexibility index (Phi) is 4.43. The molecule has 1 rings (SSSR count). The second-order valence-corrected chi connectivity index (χ2v) is 7.39. The van der Waals surface area contributed by atoms with E-state index in [0.717, 1.165) is 19.4 Å². The van der Waals surface area contributed by atoms with Crippen molar-refractivity contribution in [3.05, 3.63) is 24.0 Å². The first-order chi connectivity index (χ1) is 8.23. The van der Waals surface area contributed by atoms with E-state index < -0.39 is 25.8 Å². The molecule has 1 saturated heterocycles. The third-order valence-corrected chi connectivity index (χ3v) is 5.35. The van der Waals surface area contributed by atoms with Crippen LogP contribution in [0.4, 0.5) is 0 Å². The molecule has 0 N–H and O–H groups in total. The van der Waals surface area contributed by atoms with Crippen molar-refractivity contribution >= 4 is 25.8 Å². The molecule has 0 radical (unpaired) electrons. The van der Waals surface area contributed by atoms with Gasteiger partial charge in [0.2, 0.25) is 20.0 Å².